The van der Waals surface area contributed by atoms with Crippen molar-refractivity contribution in [1.82, 2.24) is 16.0 Å². The largest absolute Gasteiger partial charge is 0.356 e. The van der Waals surface area contributed by atoms with Gasteiger partial charge in [0, 0.05) is 13.1 Å². The fraction of sp³-hybridized carbons (Fsp3) is 0.750. The van der Waals surface area contributed by atoms with Crippen LogP contribution >= 0.6 is 0 Å². The Bertz CT molecular complexity index is 292. The van der Waals surface area contributed by atoms with E-state index in [4.69, 9.17) is 5.41 Å². The number of carbonyl (C=O) groups excluding carboxylic acids is 1. The fourth-order valence-electron chi connectivity index (χ4n) is 1.91. The molecule has 0 spiro atoms. The lowest BCUT2D eigenvalue weighted by Gasteiger charge is -2.10. The van der Waals surface area contributed by atoms with Gasteiger partial charge in [0.25, 0.3) is 0 Å². The normalized spacial score (nSPS) is 9.95. The topological polar surface area (TPSA) is 77.0 Å². The van der Waals surface area contributed by atoms with E-state index in [1.807, 2.05) is 6.08 Å². The highest BCUT2D eigenvalue weighted by molar-refractivity contribution is 5.94. The van der Waals surface area contributed by atoms with Crippen LogP contribution < -0.4 is 16.0 Å². The zero-order valence-corrected chi connectivity index (χ0v) is 13.5. The molecule has 0 fully saturated rings. The number of guanidine groups is 1. The second-order valence-corrected chi connectivity index (χ2v) is 5.23. The SMILES string of the molecule is C=CCCCCCCCCNC(=O)NC(=N)NCCCC. The van der Waals surface area contributed by atoms with Crippen molar-refractivity contribution in [2.45, 2.75) is 64.7 Å². The Balaban J connectivity index is 3.33. The molecule has 0 atom stereocenters. The van der Waals surface area contributed by atoms with E-state index in [0.717, 1.165) is 38.6 Å². The Kier molecular flexibility index (Phi) is 13.8. The molecule has 2 amide bonds. The molecule has 0 saturated heterocycles. The molecule has 5 nitrogen and oxygen atoms in total. The molecule has 0 radical (unpaired) electrons. The van der Waals surface area contributed by atoms with Crippen molar-refractivity contribution in [3.05, 3.63) is 12.7 Å². The molecule has 0 aromatic carbocycles. The van der Waals surface area contributed by atoms with Crippen molar-refractivity contribution in [2.24, 2.45) is 0 Å². The van der Waals surface area contributed by atoms with Gasteiger partial charge >= 0.3 is 6.03 Å². The van der Waals surface area contributed by atoms with Gasteiger partial charge in [-0.25, -0.2) is 4.79 Å². The molecular formula is C16H32N4O. The lowest BCUT2D eigenvalue weighted by atomic mass is 10.1. The highest BCUT2D eigenvalue weighted by atomic mass is 16.2. The van der Waals surface area contributed by atoms with Gasteiger partial charge in [0.2, 0.25) is 0 Å². The summed E-state index contributed by atoms with van der Waals surface area (Å²) in [7, 11) is 0. The molecule has 0 saturated carbocycles. The zero-order valence-electron chi connectivity index (χ0n) is 13.5. The monoisotopic (exact) mass is 296 g/mol. The number of carbonyl (C=O) groups is 1. The summed E-state index contributed by atoms with van der Waals surface area (Å²) in [6.45, 7) is 7.19. The Labute approximate surface area is 129 Å². The molecule has 122 valence electrons. The lowest BCUT2D eigenvalue weighted by molar-refractivity contribution is 0.244. The molecule has 0 aromatic heterocycles. The summed E-state index contributed by atoms with van der Waals surface area (Å²) >= 11 is 0. The number of amides is 2. The van der Waals surface area contributed by atoms with Crippen LogP contribution in [0.4, 0.5) is 4.79 Å². The molecule has 0 rings (SSSR count). The van der Waals surface area contributed by atoms with Crippen molar-refractivity contribution >= 4 is 12.0 Å². The van der Waals surface area contributed by atoms with E-state index in [-0.39, 0.29) is 12.0 Å². The van der Waals surface area contributed by atoms with Gasteiger partial charge in [-0.3, -0.25) is 10.7 Å². The van der Waals surface area contributed by atoms with E-state index in [9.17, 15) is 4.79 Å². The number of unbranched alkanes of at least 4 members (excludes halogenated alkanes) is 7. The Hall–Kier alpha value is -1.52. The third-order valence-electron chi connectivity index (χ3n) is 3.19. The van der Waals surface area contributed by atoms with Crippen molar-refractivity contribution in [3.63, 3.8) is 0 Å². The van der Waals surface area contributed by atoms with Crippen LogP contribution in [0.5, 0.6) is 0 Å². The standard InChI is InChI=1S/C16H32N4O/c1-3-5-7-8-9-10-11-12-14-19-16(21)20-15(17)18-13-6-4-2/h3H,1,4-14H2,2H3,(H4,17,18,19,20,21). The van der Waals surface area contributed by atoms with Gasteiger partial charge in [0.1, 0.15) is 0 Å². The fourth-order valence-corrected chi connectivity index (χ4v) is 1.91. The van der Waals surface area contributed by atoms with Gasteiger partial charge in [0.15, 0.2) is 5.96 Å². The van der Waals surface area contributed by atoms with E-state index in [0.29, 0.717) is 6.54 Å². The minimum atomic E-state index is -0.296. The summed E-state index contributed by atoms with van der Waals surface area (Å²) in [5.41, 5.74) is 0. The smallest absolute Gasteiger partial charge is 0.321 e. The van der Waals surface area contributed by atoms with Crippen molar-refractivity contribution in [2.75, 3.05) is 13.1 Å². The van der Waals surface area contributed by atoms with Crippen molar-refractivity contribution < 1.29 is 4.79 Å². The van der Waals surface area contributed by atoms with Crippen LogP contribution in [0.15, 0.2) is 12.7 Å². The van der Waals surface area contributed by atoms with Crippen molar-refractivity contribution in [3.8, 4) is 0 Å². The van der Waals surface area contributed by atoms with E-state index in [1.165, 1.54) is 25.7 Å². The van der Waals surface area contributed by atoms with E-state index in [1.54, 1.807) is 0 Å². The molecule has 0 heterocycles. The molecule has 0 bridgehead atoms. The third kappa shape index (κ3) is 14.7. The van der Waals surface area contributed by atoms with Gasteiger partial charge in [-0.1, -0.05) is 45.1 Å². The summed E-state index contributed by atoms with van der Waals surface area (Å²) < 4.78 is 0. The van der Waals surface area contributed by atoms with Gasteiger partial charge in [-0.05, 0) is 25.7 Å². The number of hydrogen-bond donors (Lipinski definition) is 4. The number of allylic oxidation sites excluding steroid dienone is 1. The summed E-state index contributed by atoms with van der Waals surface area (Å²) in [6, 6.07) is -0.296. The Morgan fingerprint density at radius 3 is 2.29 bits per heavy atom. The van der Waals surface area contributed by atoms with Gasteiger partial charge in [0.05, 0.1) is 0 Å². The highest BCUT2D eigenvalue weighted by Gasteiger charge is 2.02. The minimum Gasteiger partial charge on any atom is -0.356 e. The first-order chi connectivity index (χ1) is 10.2. The molecule has 0 aliphatic rings. The second kappa shape index (κ2) is 14.9. The first-order valence-electron chi connectivity index (χ1n) is 8.18. The predicted octanol–water partition coefficient (Wildman–Crippen LogP) is 3.53. The third-order valence-corrected chi connectivity index (χ3v) is 3.19. The maximum Gasteiger partial charge on any atom is 0.321 e. The van der Waals surface area contributed by atoms with Crippen LogP contribution in [0.25, 0.3) is 0 Å². The molecule has 0 aliphatic heterocycles. The quantitative estimate of drug-likeness (QED) is 0.192. The van der Waals surface area contributed by atoms with Crippen LogP contribution in [-0.4, -0.2) is 25.1 Å². The average molecular weight is 296 g/mol. The van der Waals surface area contributed by atoms with Gasteiger partial charge in [-0.15, -0.1) is 6.58 Å². The van der Waals surface area contributed by atoms with Crippen molar-refractivity contribution in [1.29, 1.82) is 5.41 Å². The molecule has 0 aliphatic carbocycles. The lowest BCUT2D eigenvalue weighted by Crippen LogP contribution is -2.45. The van der Waals surface area contributed by atoms with Gasteiger partial charge < -0.3 is 10.6 Å². The van der Waals surface area contributed by atoms with E-state index in [2.05, 4.69) is 29.5 Å². The summed E-state index contributed by atoms with van der Waals surface area (Å²) in [4.78, 5) is 11.5. The number of hydrogen-bond acceptors (Lipinski definition) is 2. The molecule has 0 aromatic rings. The number of nitrogens with one attached hydrogen (secondary N) is 4. The highest BCUT2D eigenvalue weighted by Crippen LogP contribution is 2.06. The average Bonchev–Trinajstić information content (AvgIpc) is 2.45. The Morgan fingerprint density at radius 1 is 1.00 bits per heavy atom. The molecule has 4 N–H and O–H groups in total. The van der Waals surface area contributed by atoms with Crippen LogP contribution in [0, 0.1) is 5.41 Å². The first kappa shape index (κ1) is 19.5. The summed E-state index contributed by atoms with van der Waals surface area (Å²) in [5, 5.41) is 15.6. The Morgan fingerprint density at radius 2 is 1.62 bits per heavy atom. The van der Waals surface area contributed by atoms with Crippen LogP contribution in [-0.2, 0) is 0 Å². The zero-order chi connectivity index (χ0) is 15.8. The van der Waals surface area contributed by atoms with Crippen LogP contribution in [0.2, 0.25) is 0 Å². The van der Waals surface area contributed by atoms with E-state index >= 15 is 0 Å². The van der Waals surface area contributed by atoms with E-state index < -0.39 is 0 Å². The minimum absolute atomic E-state index is 0.0724. The maximum absolute atomic E-state index is 11.5. The molecule has 5 heteroatoms. The van der Waals surface area contributed by atoms with Crippen LogP contribution in [0.3, 0.4) is 0 Å². The van der Waals surface area contributed by atoms with Gasteiger partial charge in [-0.2, -0.15) is 0 Å². The molecular weight excluding hydrogens is 264 g/mol. The maximum atomic E-state index is 11.5. The second-order valence-electron chi connectivity index (χ2n) is 5.23. The number of rotatable bonds is 12. The molecule has 0 unspecified atom stereocenters. The molecule has 21 heavy (non-hydrogen) atoms. The van der Waals surface area contributed by atoms with Crippen LogP contribution in [0.1, 0.15) is 64.7 Å². The summed E-state index contributed by atoms with van der Waals surface area (Å²) in [5.74, 6) is 0.0724. The first-order valence-corrected chi connectivity index (χ1v) is 8.18. The predicted molar refractivity (Wildman–Crippen MR) is 89.7 cm³/mol. The summed E-state index contributed by atoms with van der Waals surface area (Å²) in [6.07, 6.45) is 12.3. The number of urea groups is 1.